The van der Waals surface area contributed by atoms with Gasteiger partial charge in [0.05, 0.1) is 11.4 Å². The Labute approximate surface area is 303 Å². The topological polar surface area (TPSA) is 16.4 Å². The fourth-order valence-corrected chi connectivity index (χ4v) is 9.55. The Morgan fingerprint density at radius 2 is 1.00 bits per heavy atom. The standard InChI is InChI=1S/C50H37NO/c1-49(2)40-26-31-16-9-8-15-30(31)25-37(40)38-27-42-39(28-41(38)49)47-35-21-11-10-19-33(35)45(29-43(47)50(42,3)4)51(32-17-6-5-7-18-32)44-23-14-22-36-34-20-12-13-24-46(34)52-48(36)44/h5-29H,1-4H3. The number of hydrogen-bond donors (Lipinski definition) is 0. The molecular formula is C50H37NO. The van der Waals surface area contributed by atoms with E-state index in [4.69, 9.17) is 4.42 Å². The Morgan fingerprint density at radius 1 is 0.423 bits per heavy atom. The smallest absolute Gasteiger partial charge is 0.159 e. The van der Waals surface area contributed by atoms with E-state index in [1.807, 2.05) is 6.07 Å². The molecule has 0 amide bonds. The maximum absolute atomic E-state index is 6.68. The van der Waals surface area contributed by atoms with Crippen molar-refractivity contribution in [3.8, 4) is 22.3 Å². The van der Waals surface area contributed by atoms with Gasteiger partial charge in [-0.2, -0.15) is 0 Å². The van der Waals surface area contributed by atoms with Gasteiger partial charge < -0.3 is 9.32 Å². The summed E-state index contributed by atoms with van der Waals surface area (Å²) in [6, 6.07) is 55.8. The molecule has 2 nitrogen and oxygen atoms in total. The molecule has 0 aliphatic heterocycles. The summed E-state index contributed by atoms with van der Waals surface area (Å²) in [7, 11) is 0. The van der Waals surface area contributed by atoms with Crippen LogP contribution in [0.25, 0.3) is 65.7 Å². The van der Waals surface area contributed by atoms with E-state index in [1.54, 1.807) is 0 Å². The van der Waals surface area contributed by atoms with Crippen molar-refractivity contribution in [2.45, 2.75) is 38.5 Å². The number of anilines is 3. The Hall–Kier alpha value is -6.12. The normalized spacial score (nSPS) is 14.8. The number of nitrogens with zero attached hydrogens (tertiary/aromatic N) is 1. The minimum atomic E-state index is -0.226. The summed E-state index contributed by atoms with van der Waals surface area (Å²) in [6.07, 6.45) is 0. The summed E-state index contributed by atoms with van der Waals surface area (Å²) in [4.78, 5) is 2.41. The minimum absolute atomic E-state index is 0.109. The summed E-state index contributed by atoms with van der Waals surface area (Å²) in [5.41, 5.74) is 15.8. The van der Waals surface area contributed by atoms with Crippen molar-refractivity contribution in [2.75, 3.05) is 4.90 Å². The van der Waals surface area contributed by atoms with Crippen LogP contribution in [0.3, 0.4) is 0 Å². The molecule has 0 saturated heterocycles. The first kappa shape index (κ1) is 29.6. The van der Waals surface area contributed by atoms with Crippen LogP contribution in [-0.2, 0) is 10.8 Å². The molecule has 0 atom stereocenters. The summed E-state index contributed by atoms with van der Waals surface area (Å²) < 4.78 is 6.68. The van der Waals surface area contributed by atoms with Crippen molar-refractivity contribution < 1.29 is 4.42 Å². The van der Waals surface area contributed by atoms with Gasteiger partial charge in [0.1, 0.15) is 5.58 Å². The molecule has 2 heteroatoms. The molecular weight excluding hydrogens is 631 g/mol. The maximum Gasteiger partial charge on any atom is 0.159 e. The number of benzene rings is 8. The molecule has 0 spiro atoms. The Bertz CT molecular complexity index is 2960. The second kappa shape index (κ2) is 10.2. The molecule has 0 bridgehead atoms. The Morgan fingerprint density at radius 3 is 1.81 bits per heavy atom. The summed E-state index contributed by atoms with van der Waals surface area (Å²) in [5, 5.41) is 7.35. The average molecular weight is 668 g/mol. The third kappa shape index (κ3) is 3.84. The van der Waals surface area contributed by atoms with E-state index in [0.29, 0.717) is 0 Å². The van der Waals surface area contributed by atoms with Gasteiger partial charge in [0.15, 0.2) is 5.58 Å². The van der Waals surface area contributed by atoms with Gasteiger partial charge >= 0.3 is 0 Å². The fourth-order valence-electron chi connectivity index (χ4n) is 9.55. The van der Waals surface area contributed by atoms with Gasteiger partial charge in [-0.05, 0) is 115 Å². The maximum atomic E-state index is 6.68. The number of para-hydroxylation sites is 3. The molecule has 0 unspecified atom stereocenters. The summed E-state index contributed by atoms with van der Waals surface area (Å²) in [6.45, 7) is 9.63. The molecule has 2 aliphatic rings. The highest BCUT2D eigenvalue weighted by Crippen LogP contribution is 2.59. The summed E-state index contributed by atoms with van der Waals surface area (Å²) in [5.74, 6) is 0. The number of furan rings is 1. The highest BCUT2D eigenvalue weighted by molar-refractivity contribution is 6.14. The Balaban J connectivity index is 1.18. The third-order valence-corrected chi connectivity index (χ3v) is 12.2. The predicted molar refractivity (Wildman–Crippen MR) is 219 cm³/mol. The third-order valence-electron chi connectivity index (χ3n) is 12.2. The van der Waals surface area contributed by atoms with E-state index in [-0.39, 0.29) is 10.8 Å². The lowest BCUT2D eigenvalue weighted by molar-refractivity contribution is 0.652. The zero-order valence-corrected chi connectivity index (χ0v) is 29.8. The van der Waals surface area contributed by atoms with Gasteiger partial charge in [-0.3, -0.25) is 0 Å². The van der Waals surface area contributed by atoms with Gasteiger partial charge in [-0.1, -0.05) is 125 Å². The molecule has 0 radical (unpaired) electrons. The van der Waals surface area contributed by atoms with E-state index in [9.17, 15) is 0 Å². The van der Waals surface area contributed by atoms with Crippen LogP contribution in [-0.4, -0.2) is 0 Å². The second-order valence-electron chi connectivity index (χ2n) is 15.7. The molecule has 2 aliphatic carbocycles. The van der Waals surface area contributed by atoms with Crippen molar-refractivity contribution in [3.63, 3.8) is 0 Å². The molecule has 1 aromatic heterocycles. The SMILES string of the molecule is CC1(C)c2cc3c(cc2-c2cc4ccccc4cc21)C(C)(C)c1cc(N(c2ccccc2)c2cccc4c2oc2ccccc24)c2ccccc2c1-3. The molecule has 9 aromatic rings. The van der Waals surface area contributed by atoms with E-state index >= 15 is 0 Å². The number of rotatable bonds is 3. The largest absolute Gasteiger partial charge is 0.454 e. The average Bonchev–Trinajstić information content (AvgIpc) is 3.74. The quantitative estimate of drug-likeness (QED) is 0.186. The van der Waals surface area contributed by atoms with Crippen LogP contribution >= 0.6 is 0 Å². The highest BCUT2D eigenvalue weighted by atomic mass is 16.3. The Kier molecular flexibility index (Phi) is 5.83. The second-order valence-corrected chi connectivity index (χ2v) is 15.7. The van der Waals surface area contributed by atoms with E-state index in [1.165, 1.54) is 66.1 Å². The molecule has 8 aromatic carbocycles. The van der Waals surface area contributed by atoms with Crippen LogP contribution in [0.1, 0.15) is 49.9 Å². The van der Waals surface area contributed by atoms with Gasteiger partial charge in [0, 0.05) is 32.7 Å². The zero-order valence-electron chi connectivity index (χ0n) is 29.8. The van der Waals surface area contributed by atoms with E-state index in [0.717, 1.165) is 39.0 Å². The molecule has 0 fully saturated rings. The lowest BCUT2D eigenvalue weighted by atomic mass is 9.79. The van der Waals surface area contributed by atoms with Crippen molar-refractivity contribution in [3.05, 3.63) is 174 Å². The van der Waals surface area contributed by atoms with Crippen LogP contribution < -0.4 is 4.90 Å². The van der Waals surface area contributed by atoms with Crippen molar-refractivity contribution in [1.82, 2.24) is 0 Å². The van der Waals surface area contributed by atoms with E-state index < -0.39 is 0 Å². The van der Waals surface area contributed by atoms with Crippen LogP contribution in [0.15, 0.2) is 156 Å². The van der Waals surface area contributed by atoms with Crippen molar-refractivity contribution in [1.29, 1.82) is 0 Å². The van der Waals surface area contributed by atoms with Crippen molar-refractivity contribution >= 4 is 60.5 Å². The minimum Gasteiger partial charge on any atom is -0.454 e. The lowest BCUT2D eigenvalue weighted by Gasteiger charge is -2.29. The van der Waals surface area contributed by atoms with Gasteiger partial charge in [-0.15, -0.1) is 0 Å². The number of fused-ring (bicyclic) bond motifs is 12. The molecule has 52 heavy (non-hydrogen) atoms. The first-order valence-electron chi connectivity index (χ1n) is 18.4. The highest BCUT2D eigenvalue weighted by Gasteiger charge is 2.43. The molecule has 1 heterocycles. The summed E-state index contributed by atoms with van der Waals surface area (Å²) >= 11 is 0. The first-order chi connectivity index (χ1) is 25.3. The van der Waals surface area contributed by atoms with Gasteiger partial charge in [0.25, 0.3) is 0 Å². The molecule has 248 valence electrons. The van der Waals surface area contributed by atoms with Crippen LogP contribution in [0, 0.1) is 0 Å². The van der Waals surface area contributed by atoms with Gasteiger partial charge in [0.2, 0.25) is 0 Å². The lowest BCUT2D eigenvalue weighted by Crippen LogP contribution is -2.18. The van der Waals surface area contributed by atoms with E-state index in [2.05, 4.69) is 178 Å². The predicted octanol–water partition coefficient (Wildman–Crippen LogP) is 14.0. The first-order valence-corrected chi connectivity index (χ1v) is 18.4. The number of hydrogen-bond acceptors (Lipinski definition) is 2. The molecule has 0 saturated carbocycles. The van der Waals surface area contributed by atoms with Crippen LogP contribution in [0.4, 0.5) is 17.1 Å². The van der Waals surface area contributed by atoms with Crippen molar-refractivity contribution in [2.24, 2.45) is 0 Å². The fraction of sp³-hybridized carbons (Fsp3) is 0.120. The monoisotopic (exact) mass is 667 g/mol. The molecule has 0 N–H and O–H groups in total. The van der Waals surface area contributed by atoms with Crippen LogP contribution in [0.2, 0.25) is 0 Å². The molecule has 11 rings (SSSR count). The van der Waals surface area contributed by atoms with Crippen LogP contribution in [0.5, 0.6) is 0 Å². The zero-order chi connectivity index (χ0) is 34.9. The van der Waals surface area contributed by atoms with Gasteiger partial charge in [-0.25, -0.2) is 0 Å².